The van der Waals surface area contributed by atoms with Crippen molar-refractivity contribution in [3.63, 3.8) is 0 Å². The molecule has 0 aliphatic rings. The van der Waals surface area contributed by atoms with Crippen molar-refractivity contribution in [1.29, 1.82) is 0 Å². The lowest BCUT2D eigenvalue weighted by Crippen LogP contribution is -2.46. The molecule has 0 bridgehead atoms. The predicted octanol–water partition coefficient (Wildman–Crippen LogP) is 2.87. The van der Waals surface area contributed by atoms with Crippen LogP contribution in [-0.4, -0.2) is 36.0 Å². The Morgan fingerprint density at radius 1 is 1.25 bits per heavy atom. The highest BCUT2D eigenvalue weighted by Crippen LogP contribution is 2.26. The first-order valence-electron chi connectivity index (χ1n) is 8.10. The van der Waals surface area contributed by atoms with Crippen molar-refractivity contribution >= 4 is 40.7 Å². The number of aromatic nitrogens is 1. The van der Waals surface area contributed by atoms with Gasteiger partial charge in [0.15, 0.2) is 5.13 Å². The molecule has 0 saturated heterocycles. The number of nitrogens with two attached hydrogens (primary N) is 1. The van der Waals surface area contributed by atoms with E-state index in [9.17, 15) is 18.4 Å². The summed E-state index contributed by atoms with van der Waals surface area (Å²) in [5.41, 5.74) is 6.96. The number of carbonyl (C=O) groups excluding carboxylic acids is 2. The third kappa shape index (κ3) is 7.02. The van der Waals surface area contributed by atoms with Crippen molar-refractivity contribution in [3.05, 3.63) is 29.6 Å². The number of thiazole rings is 1. The van der Waals surface area contributed by atoms with Crippen LogP contribution in [0, 0.1) is 5.92 Å². The lowest BCUT2D eigenvalue weighted by molar-refractivity contribution is -0.125. The van der Waals surface area contributed by atoms with Crippen LogP contribution in [-0.2, 0) is 9.59 Å². The molecule has 2 amide bonds. The molecule has 154 valence electrons. The lowest BCUT2D eigenvalue weighted by Gasteiger charge is -2.14. The number of hydrogen-bond donors (Lipinski definition) is 3. The minimum absolute atomic E-state index is 0. The van der Waals surface area contributed by atoms with Gasteiger partial charge in [0.2, 0.25) is 11.8 Å². The van der Waals surface area contributed by atoms with Crippen LogP contribution in [0.4, 0.5) is 13.9 Å². The van der Waals surface area contributed by atoms with Gasteiger partial charge in [-0.2, -0.15) is 8.78 Å². The Kier molecular flexibility index (Phi) is 9.23. The van der Waals surface area contributed by atoms with Crippen LogP contribution in [0.1, 0.15) is 13.8 Å². The van der Waals surface area contributed by atoms with E-state index < -0.39 is 24.5 Å². The number of anilines is 1. The molecular weight excluding hydrogens is 414 g/mol. The van der Waals surface area contributed by atoms with E-state index >= 15 is 0 Å². The predicted molar refractivity (Wildman–Crippen MR) is 106 cm³/mol. The molecule has 0 saturated carbocycles. The van der Waals surface area contributed by atoms with Crippen LogP contribution in [0.25, 0.3) is 11.3 Å². The molecule has 4 N–H and O–H groups in total. The largest absolute Gasteiger partial charge is 0.435 e. The third-order valence-corrected chi connectivity index (χ3v) is 4.33. The molecule has 11 heteroatoms. The van der Waals surface area contributed by atoms with E-state index in [-0.39, 0.29) is 30.6 Å². The van der Waals surface area contributed by atoms with Crippen LogP contribution < -0.4 is 21.1 Å². The fraction of sp³-hybridized carbons (Fsp3) is 0.353. The summed E-state index contributed by atoms with van der Waals surface area (Å²) in [5, 5.41) is 7.12. The van der Waals surface area contributed by atoms with E-state index in [0.29, 0.717) is 16.4 Å². The van der Waals surface area contributed by atoms with Crippen molar-refractivity contribution in [1.82, 2.24) is 10.3 Å². The summed E-state index contributed by atoms with van der Waals surface area (Å²) in [7, 11) is 0. The van der Waals surface area contributed by atoms with Crippen LogP contribution in [0.5, 0.6) is 5.75 Å². The third-order valence-electron chi connectivity index (χ3n) is 3.57. The quantitative estimate of drug-likeness (QED) is 0.592. The standard InChI is InChI=1S/C17H20F2N4O3S.ClH/c1-9(2)14(20)15(25)21-7-13(24)23-17-22-12(8-27-17)10-3-5-11(6-4-10)26-16(18)19;/h3-6,8-9,14,16H,7,20H2,1-2H3,(H,21,25)(H,22,23,24);1H/t14-;/m0./s1. The summed E-state index contributed by atoms with van der Waals surface area (Å²) >= 11 is 1.20. The Hall–Kier alpha value is -2.30. The number of alkyl halides is 2. The molecule has 0 fully saturated rings. The molecule has 0 spiro atoms. The number of carbonyl (C=O) groups is 2. The zero-order valence-electron chi connectivity index (χ0n) is 15.1. The van der Waals surface area contributed by atoms with E-state index in [1.807, 2.05) is 13.8 Å². The molecule has 2 rings (SSSR count). The number of ether oxygens (including phenoxy) is 1. The summed E-state index contributed by atoms with van der Waals surface area (Å²) in [6.45, 7) is 0.530. The summed E-state index contributed by atoms with van der Waals surface area (Å²) in [6, 6.07) is 5.32. The highest BCUT2D eigenvalue weighted by molar-refractivity contribution is 7.14. The van der Waals surface area contributed by atoms with Crippen LogP contribution in [0.15, 0.2) is 29.6 Å². The maximum absolute atomic E-state index is 12.2. The zero-order valence-corrected chi connectivity index (χ0v) is 16.8. The summed E-state index contributed by atoms with van der Waals surface area (Å²) in [6.07, 6.45) is 0. The SMILES string of the molecule is CC(C)[C@H](N)C(=O)NCC(=O)Nc1nc(-c2ccc(OC(F)F)cc2)cs1.Cl. The van der Waals surface area contributed by atoms with Gasteiger partial charge in [0.05, 0.1) is 18.3 Å². The second kappa shape index (κ2) is 10.9. The van der Waals surface area contributed by atoms with Crippen molar-refractivity contribution < 1.29 is 23.1 Å². The normalized spacial score (nSPS) is 11.7. The molecule has 0 aliphatic carbocycles. The molecule has 1 atom stereocenters. The average molecular weight is 435 g/mol. The molecule has 0 unspecified atom stereocenters. The topological polar surface area (TPSA) is 106 Å². The minimum atomic E-state index is -2.88. The summed E-state index contributed by atoms with van der Waals surface area (Å²) in [5.74, 6) is -0.813. The monoisotopic (exact) mass is 434 g/mol. The van der Waals surface area contributed by atoms with Gasteiger partial charge in [0.1, 0.15) is 5.75 Å². The highest BCUT2D eigenvalue weighted by Gasteiger charge is 2.18. The smallest absolute Gasteiger partial charge is 0.387 e. The second-order valence-corrected chi connectivity index (χ2v) is 6.83. The van der Waals surface area contributed by atoms with Gasteiger partial charge in [0, 0.05) is 10.9 Å². The molecule has 2 aromatic rings. The lowest BCUT2D eigenvalue weighted by atomic mass is 10.1. The van der Waals surface area contributed by atoms with Crippen molar-refractivity contribution in [3.8, 4) is 17.0 Å². The Morgan fingerprint density at radius 3 is 2.46 bits per heavy atom. The molecule has 7 nitrogen and oxygen atoms in total. The van der Waals surface area contributed by atoms with Gasteiger partial charge in [0.25, 0.3) is 0 Å². The van der Waals surface area contributed by atoms with E-state index in [1.165, 1.54) is 23.5 Å². The summed E-state index contributed by atoms with van der Waals surface area (Å²) in [4.78, 5) is 27.9. The van der Waals surface area contributed by atoms with Crippen LogP contribution in [0.2, 0.25) is 0 Å². The Morgan fingerprint density at radius 2 is 1.89 bits per heavy atom. The van der Waals surface area contributed by atoms with Gasteiger partial charge in [-0.1, -0.05) is 13.8 Å². The Balaban J connectivity index is 0.00000392. The van der Waals surface area contributed by atoms with Gasteiger partial charge in [-0.25, -0.2) is 4.98 Å². The highest BCUT2D eigenvalue weighted by atomic mass is 35.5. The van der Waals surface area contributed by atoms with E-state index in [0.717, 1.165) is 0 Å². The number of hydrogen-bond acceptors (Lipinski definition) is 6. The molecule has 28 heavy (non-hydrogen) atoms. The number of nitrogens with one attached hydrogen (secondary N) is 2. The number of benzene rings is 1. The molecule has 1 aromatic carbocycles. The summed E-state index contributed by atoms with van der Waals surface area (Å²) < 4.78 is 28.6. The number of amides is 2. The molecular formula is C17H21ClF2N4O3S. The van der Waals surface area contributed by atoms with Crippen LogP contribution in [0.3, 0.4) is 0 Å². The van der Waals surface area contributed by atoms with Crippen molar-refractivity contribution in [2.24, 2.45) is 11.7 Å². The number of rotatable bonds is 8. The number of nitrogens with zero attached hydrogens (tertiary/aromatic N) is 1. The van der Waals surface area contributed by atoms with Gasteiger partial charge < -0.3 is 21.1 Å². The molecule has 1 aromatic heterocycles. The Labute approximate surface area is 171 Å². The maximum atomic E-state index is 12.2. The fourth-order valence-electron chi connectivity index (χ4n) is 2.02. The molecule has 0 aliphatic heterocycles. The van der Waals surface area contributed by atoms with E-state index in [2.05, 4.69) is 20.4 Å². The maximum Gasteiger partial charge on any atom is 0.387 e. The average Bonchev–Trinajstić information content (AvgIpc) is 3.07. The van der Waals surface area contributed by atoms with Crippen LogP contribution >= 0.6 is 23.7 Å². The van der Waals surface area contributed by atoms with Gasteiger partial charge >= 0.3 is 6.61 Å². The van der Waals surface area contributed by atoms with E-state index in [1.54, 1.807) is 17.5 Å². The first-order chi connectivity index (χ1) is 12.8. The van der Waals surface area contributed by atoms with Gasteiger partial charge in [-0.3, -0.25) is 9.59 Å². The Bertz CT molecular complexity index is 787. The minimum Gasteiger partial charge on any atom is -0.435 e. The number of halogens is 3. The van der Waals surface area contributed by atoms with E-state index in [4.69, 9.17) is 5.73 Å². The van der Waals surface area contributed by atoms with Gasteiger partial charge in [-0.15, -0.1) is 23.7 Å². The molecule has 1 heterocycles. The van der Waals surface area contributed by atoms with Crippen molar-refractivity contribution in [2.45, 2.75) is 26.5 Å². The zero-order chi connectivity index (χ0) is 20.0. The second-order valence-electron chi connectivity index (χ2n) is 5.98. The van der Waals surface area contributed by atoms with Gasteiger partial charge in [-0.05, 0) is 30.2 Å². The first kappa shape index (κ1) is 23.7. The molecule has 0 radical (unpaired) electrons. The first-order valence-corrected chi connectivity index (χ1v) is 8.98. The van der Waals surface area contributed by atoms with Crippen molar-refractivity contribution in [2.75, 3.05) is 11.9 Å². The fourth-order valence-corrected chi connectivity index (χ4v) is 2.76.